The van der Waals surface area contributed by atoms with E-state index in [0.29, 0.717) is 0 Å². The standard InChI is InChI=1S/C10H14N4S/c1(9-11-3-4-12-9)7-15-8-2-10-13-5-6-14-10/h3-6H,1-2,7-8H2,(H,11,12)(H,13,14). The van der Waals surface area contributed by atoms with E-state index in [-0.39, 0.29) is 0 Å². The van der Waals surface area contributed by atoms with E-state index >= 15 is 0 Å². The number of H-pyrrole nitrogens is 2. The lowest BCUT2D eigenvalue weighted by Gasteiger charge is -1.98. The molecule has 0 unspecified atom stereocenters. The van der Waals surface area contributed by atoms with Gasteiger partial charge in [-0.25, -0.2) is 9.97 Å². The van der Waals surface area contributed by atoms with Gasteiger partial charge in [-0.05, 0) is 0 Å². The third-order valence-electron chi connectivity index (χ3n) is 2.08. The molecule has 0 fully saturated rings. The first kappa shape index (κ1) is 10.3. The number of aromatic nitrogens is 4. The van der Waals surface area contributed by atoms with Gasteiger partial charge in [0.15, 0.2) is 0 Å². The van der Waals surface area contributed by atoms with E-state index in [2.05, 4.69) is 19.9 Å². The molecule has 0 aliphatic rings. The molecule has 0 radical (unpaired) electrons. The van der Waals surface area contributed by atoms with E-state index in [1.807, 2.05) is 24.2 Å². The van der Waals surface area contributed by atoms with Crippen molar-refractivity contribution in [2.45, 2.75) is 12.8 Å². The Morgan fingerprint density at radius 3 is 1.87 bits per heavy atom. The molecule has 2 heterocycles. The molecule has 0 saturated carbocycles. The normalized spacial score (nSPS) is 10.7. The van der Waals surface area contributed by atoms with Gasteiger partial charge in [0.25, 0.3) is 0 Å². The fourth-order valence-corrected chi connectivity index (χ4v) is 2.19. The monoisotopic (exact) mass is 222 g/mol. The first-order chi connectivity index (χ1) is 7.45. The van der Waals surface area contributed by atoms with Gasteiger partial charge >= 0.3 is 0 Å². The van der Waals surface area contributed by atoms with Crippen LogP contribution < -0.4 is 0 Å². The average Bonchev–Trinajstić information content (AvgIpc) is 2.88. The number of thioether (sulfide) groups is 1. The molecule has 15 heavy (non-hydrogen) atoms. The van der Waals surface area contributed by atoms with Crippen molar-refractivity contribution < 1.29 is 0 Å². The smallest absolute Gasteiger partial charge is 0.106 e. The Labute approximate surface area is 92.9 Å². The summed E-state index contributed by atoms with van der Waals surface area (Å²) >= 11 is 1.93. The second-order valence-corrected chi connectivity index (χ2v) is 4.41. The molecule has 0 amide bonds. The SMILES string of the molecule is c1c[nH]c(CCSCCc2ncc[nH]2)n1. The summed E-state index contributed by atoms with van der Waals surface area (Å²) in [6.45, 7) is 0. The summed E-state index contributed by atoms with van der Waals surface area (Å²) in [4.78, 5) is 14.6. The molecule has 5 heteroatoms. The molecule has 4 nitrogen and oxygen atoms in total. The number of imidazole rings is 2. The van der Waals surface area contributed by atoms with E-state index in [1.165, 1.54) is 0 Å². The Bertz CT molecular complexity index is 318. The zero-order valence-electron chi connectivity index (χ0n) is 8.44. The predicted octanol–water partition coefficient (Wildman–Crippen LogP) is 1.65. The number of hydrogen-bond donors (Lipinski definition) is 2. The second-order valence-electron chi connectivity index (χ2n) is 3.18. The van der Waals surface area contributed by atoms with Crippen LogP contribution in [0.5, 0.6) is 0 Å². The number of nitrogens with one attached hydrogen (secondary N) is 2. The van der Waals surface area contributed by atoms with Crippen molar-refractivity contribution in [2.24, 2.45) is 0 Å². The van der Waals surface area contributed by atoms with Gasteiger partial charge in [0.05, 0.1) is 0 Å². The average molecular weight is 222 g/mol. The van der Waals surface area contributed by atoms with Crippen LogP contribution in [0, 0.1) is 0 Å². The van der Waals surface area contributed by atoms with Crippen molar-refractivity contribution in [1.29, 1.82) is 0 Å². The minimum Gasteiger partial charge on any atom is -0.349 e. The lowest BCUT2D eigenvalue weighted by Crippen LogP contribution is -1.95. The number of rotatable bonds is 6. The third kappa shape index (κ3) is 3.43. The summed E-state index contributed by atoms with van der Waals surface area (Å²) < 4.78 is 0. The van der Waals surface area contributed by atoms with Crippen LogP contribution in [0.25, 0.3) is 0 Å². The van der Waals surface area contributed by atoms with E-state index in [1.54, 1.807) is 12.4 Å². The van der Waals surface area contributed by atoms with Gasteiger partial charge in [0, 0.05) is 49.1 Å². The van der Waals surface area contributed by atoms with E-state index < -0.39 is 0 Å². The van der Waals surface area contributed by atoms with Crippen molar-refractivity contribution in [2.75, 3.05) is 11.5 Å². The molecule has 0 saturated heterocycles. The Morgan fingerprint density at radius 1 is 0.933 bits per heavy atom. The van der Waals surface area contributed by atoms with Gasteiger partial charge in [-0.2, -0.15) is 11.8 Å². The Balaban J connectivity index is 1.56. The fraction of sp³-hybridized carbons (Fsp3) is 0.400. The Hall–Kier alpha value is -1.23. The van der Waals surface area contributed by atoms with E-state index in [9.17, 15) is 0 Å². The predicted molar refractivity (Wildman–Crippen MR) is 61.9 cm³/mol. The summed E-state index contributed by atoms with van der Waals surface area (Å²) in [5, 5.41) is 0. The maximum absolute atomic E-state index is 4.18. The van der Waals surface area contributed by atoms with Crippen molar-refractivity contribution in [1.82, 2.24) is 19.9 Å². The van der Waals surface area contributed by atoms with Crippen molar-refractivity contribution in [3.63, 3.8) is 0 Å². The first-order valence-electron chi connectivity index (χ1n) is 4.99. The highest BCUT2D eigenvalue weighted by Crippen LogP contribution is 2.05. The topological polar surface area (TPSA) is 57.4 Å². The molecule has 0 aliphatic heterocycles. The van der Waals surface area contributed by atoms with Crippen molar-refractivity contribution in [3.8, 4) is 0 Å². The van der Waals surface area contributed by atoms with Crippen LogP contribution in [0.4, 0.5) is 0 Å². The molecule has 2 N–H and O–H groups in total. The quantitative estimate of drug-likeness (QED) is 0.731. The van der Waals surface area contributed by atoms with Crippen LogP contribution in [-0.4, -0.2) is 31.4 Å². The highest BCUT2D eigenvalue weighted by Gasteiger charge is 1.97. The molecular weight excluding hydrogens is 208 g/mol. The summed E-state index contributed by atoms with van der Waals surface area (Å²) in [6.07, 6.45) is 9.34. The molecular formula is C10H14N4S. The second kappa shape index (κ2) is 5.60. The molecule has 0 atom stereocenters. The fourth-order valence-electron chi connectivity index (χ4n) is 1.31. The number of nitrogens with zero attached hydrogens (tertiary/aromatic N) is 2. The third-order valence-corrected chi connectivity index (χ3v) is 3.06. The number of aromatic amines is 2. The lowest BCUT2D eigenvalue weighted by molar-refractivity contribution is 0.982. The van der Waals surface area contributed by atoms with Gasteiger partial charge in [0.2, 0.25) is 0 Å². The van der Waals surface area contributed by atoms with Gasteiger partial charge in [0.1, 0.15) is 11.6 Å². The summed E-state index contributed by atoms with van der Waals surface area (Å²) in [7, 11) is 0. The lowest BCUT2D eigenvalue weighted by atomic mass is 10.5. The number of aryl methyl sites for hydroxylation is 2. The van der Waals surface area contributed by atoms with Crippen molar-refractivity contribution in [3.05, 3.63) is 36.4 Å². The van der Waals surface area contributed by atoms with Gasteiger partial charge in [-0.15, -0.1) is 0 Å². The van der Waals surface area contributed by atoms with Crippen LogP contribution in [0.15, 0.2) is 24.8 Å². The zero-order valence-corrected chi connectivity index (χ0v) is 9.26. The van der Waals surface area contributed by atoms with Crippen LogP contribution in [-0.2, 0) is 12.8 Å². The molecule has 0 aliphatic carbocycles. The molecule has 0 bridgehead atoms. The highest BCUT2D eigenvalue weighted by atomic mass is 32.2. The number of hydrogen-bond acceptors (Lipinski definition) is 3. The summed E-state index contributed by atoms with van der Waals surface area (Å²) in [5.41, 5.74) is 0. The summed E-state index contributed by atoms with van der Waals surface area (Å²) in [5.74, 6) is 4.35. The van der Waals surface area contributed by atoms with Crippen LogP contribution >= 0.6 is 11.8 Å². The molecule has 2 aromatic rings. The largest absolute Gasteiger partial charge is 0.349 e. The zero-order chi connectivity index (χ0) is 10.3. The minimum absolute atomic E-state index is 1.01. The maximum Gasteiger partial charge on any atom is 0.106 e. The Morgan fingerprint density at radius 2 is 1.47 bits per heavy atom. The molecule has 0 spiro atoms. The van der Waals surface area contributed by atoms with E-state index in [4.69, 9.17) is 0 Å². The molecule has 0 aromatic carbocycles. The van der Waals surface area contributed by atoms with Crippen LogP contribution in [0.3, 0.4) is 0 Å². The molecule has 2 aromatic heterocycles. The van der Waals surface area contributed by atoms with Gasteiger partial charge in [-0.1, -0.05) is 0 Å². The summed E-state index contributed by atoms with van der Waals surface area (Å²) in [6, 6.07) is 0. The first-order valence-corrected chi connectivity index (χ1v) is 6.15. The highest BCUT2D eigenvalue weighted by molar-refractivity contribution is 7.99. The van der Waals surface area contributed by atoms with Crippen LogP contribution in [0.1, 0.15) is 11.6 Å². The van der Waals surface area contributed by atoms with Gasteiger partial charge in [-0.3, -0.25) is 0 Å². The van der Waals surface area contributed by atoms with Gasteiger partial charge < -0.3 is 9.97 Å². The van der Waals surface area contributed by atoms with E-state index in [0.717, 1.165) is 36.0 Å². The maximum atomic E-state index is 4.18. The Kier molecular flexibility index (Phi) is 3.84. The van der Waals surface area contributed by atoms with Crippen LogP contribution in [0.2, 0.25) is 0 Å². The molecule has 80 valence electrons. The minimum atomic E-state index is 1.01. The van der Waals surface area contributed by atoms with Crippen molar-refractivity contribution >= 4 is 11.8 Å². The molecule has 2 rings (SSSR count).